The second-order valence-corrected chi connectivity index (χ2v) is 8.12. The predicted octanol–water partition coefficient (Wildman–Crippen LogP) is 6.32. The normalized spacial score (nSPS) is 11.8. The van der Waals surface area contributed by atoms with Gasteiger partial charge in [-0.2, -0.15) is 5.26 Å². The minimum Gasteiger partial charge on any atom is -0.490 e. The molecule has 0 radical (unpaired) electrons. The van der Waals surface area contributed by atoms with Gasteiger partial charge < -0.3 is 14.8 Å². The molecule has 5 nitrogen and oxygen atoms in total. The van der Waals surface area contributed by atoms with Crippen molar-refractivity contribution in [2.45, 2.75) is 32.9 Å². The fourth-order valence-corrected chi connectivity index (χ4v) is 3.65. The highest BCUT2D eigenvalue weighted by Gasteiger charge is 2.17. The average molecular weight is 485 g/mol. The topological polar surface area (TPSA) is 71.4 Å². The van der Waals surface area contributed by atoms with Crippen LogP contribution in [-0.2, 0) is 17.8 Å². The van der Waals surface area contributed by atoms with Gasteiger partial charge in [0, 0.05) is 5.56 Å². The van der Waals surface area contributed by atoms with Gasteiger partial charge in [-0.15, -0.1) is 6.58 Å². The van der Waals surface area contributed by atoms with Crippen LogP contribution in [0.1, 0.15) is 42.1 Å². The molecule has 0 aliphatic heterocycles. The molecule has 0 unspecified atom stereocenters. The zero-order valence-electron chi connectivity index (χ0n) is 20.5. The molecule has 3 aromatic rings. The molecule has 1 atom stereocenters. The second kappa shape index (κ2) is 12.9. The summed E-state index contributed by atoms with van der Waals surface area (Å²) in [6.07, 6.45) is 3.76. The zero-order chi connectivity index (χ0) is 25.9. The SMILES string of the molecule is C=CCc1cc(/C=C(/C#N)C(=O)N[C@H](C)c2ccccc2)cc(OCC)c1OCc1ccc(F)cc1. The minimum absolute atomic E-state index is 0.0234. The third kappa shape index (κ3) is 7.07. The Morgan fingerprint density at radius 2 is 1.86 bits per heavy atom. The molecular formula is C30H29FN2O3. The number of hydrogen-bond acceptors (Lipinski definition) is 4. The molecule has 0 fully saturated rings. The highest BCUT2D eigenvalue weighted by molar-refractivity contribution is 6.02. The van der Waals surface area contributed by atoms with Crippen LogP contribution >= 0.6 is 0 Å². The van der Waals surface area contributed by atoms with Gasteiger partial charge in [0.25, 0.3) is 5.91 Å². The summed E-state index contributed by atoms with van der Waals surface area (Å²) in [6.45, 7) is 8.17. The zero-order valence-corrected chi connectivity index (χ0v) is 20.5. The molecule has 0 spiro atoms. The number of carbonyl (C=O) groups is 1. The van der Waals surface area contributed by atoms with Crippen molar-refractivity contribution in [2.24, 2.45) is 0 Å². The van der Waals surface area contributed by atoms with Crippen molar-refractivity contribution in [3.05, 3.63) is 113 Å². The lowest BCUT2D eigenvalue weighted by Crippen LogP contribution is -2.27. The van der Waals surface area contributed by atoms with E-state index in [1.807, 2.05) is 56.3 Å². The lowest BCUT2D eigenvalue weighted by molar-refractivity contribution is -0.117. The number of carbonyl (C=O) groups excluding carboxylic acids is 1. The summed E-state index contributed by atoms with van der Waals surface area (Å²) in [5.74, 6) is 0.251. The molecule has 0 aliphatic carbocycles. The molecule has 36 heavy (non-hydrogen) atoms. The first kappa shape index (κ1) is 26.2. The number of ether oxygens (including phenoxy) is 2. The Balaban J connectivity index is 1.89. The van der Waals surface area contributed by atoms with Gasteiger partial charge in [-0.25, -0.2) is 4.39 Å². The van der Waals surface area contributed by atoms with Crippen molar-refractivity contribution in [3.63, 3.8) is 0 Å². The number of amides is 1. The van der Waals surface area contributed by atoms with Crippen LogP contribution in [0.4, 0.5) is 4.39 Å². The Kier molecular flexibility index (Phi) is 9.41. The number of nitriles is 1. The first-order valence-electron chi connectivity index (χ1n) is 11.7. The van der Waals surface area contributed by atoms with E-state index in [2.05, 4.69) is 11.9 Å². The third-order valence-corrected chi connectivity index (χ3v) is 5.44. The van der Waals surface area contributed by atoms with Crippen molar-refractivity contribution in [1.29, 1.82) is 5.26 Å². The maximum absolute atomic E-state index is 13.2. The van der Waals surface area contributed by atoms with E-state index in [-0.39, 0.29) is 24.0 Å². The van der Waals surface area contributed by atoms with Gasteiger partial charge in [0.1, 0.15) is 24.1 Å². The summed E-state index contributed by atoms with van der Waals surface area (Å²) in [4.78, 5) is 12.8. The lowest BCUT2D eigenvalue weighted by atomic mass is 10.0. The fourth-order valence-electron chi connectivity index (χ4n) is 3.65. The summed E-state index contributed by atoms with van der Waals surface area (Å²) in [5.41, 5.74) is 3.15. The minimum atomic E-state index is -0.464. The molecule has 0 aromatic heterocycles. The average Bonchev–Trinajstić information content (AvgIpc) is 2.88. The highest BCUT2D eigenvalue weighted by atomic mass is 19.1. The second-order valence-electron chi connectivity index (χ2n) is 8.12. The molecule has 3 rings (SSSR count). The van der Waals surface area contributed by atoms with Gasteiger partial charge in [-0.1, -0.05) is 48.5 Å². The number of rotatable bonds is 11. The van der Waals surface area contributed by atoms with Crippen LogP contribution in [0, 0.1) is 17.1 Å². The summed E-state index contributed by atoms with van der Waals surface area (Å²) in [7, 11) is 0. The Morgan fingerprint density at radius 3 is 2.50 bits per heavy atom. The van der Waals surface area contributed by atoms with Gasteiger partial charge in [-0.3, -0.25) is 4.79 Å². The van der Waals surface area contributed by atoms with Crippen LogP contribution in [0.15, 0.2) is 85.0 Å². The molecule has 0 heterocycles. The first-order valence-corrected chi connectivity index (χ1v) is 11.7. The van der Waals surface area contributed by atoms with Crippen LogP contribution in [0.5, 0.6) is 11.5 Å². The third-order valence-electron chi connectivity index (χ3n) is 5.44. The molecule has 0 aliphatic rings. The van der Waals surface area contributed by atoms with E-state index in [1.165, 1.54) is 18.2 Å². The maximum Gasteiger partial charge on any atom is 0.262 e. The number of hydrogen-bond donors (Lipinski definition) is 1. The number of nitrogens with zero attached hydrogens (tertiary/aromatic N) is 1. The van der Waals surface area contributed by atoms with Crippen molar-refractivity contribution < 1.29 is 18.7 Å². The van der Waals surface area contributed by atoms with E-state index >= 15 is 0 Å². The molecule has 1 N–H and O–H groups in total. The van der Waals surface area contributed by atoms with Crippen LogP contribution in [0.3, 0.4) is 0 Å². The largest absolute Gasteiger partial charge is 0.490 e. The summed E-state index contributed by atoms with van der Waals surface area (Å²) in [6, 6.07) is 21.0. The van der Waals surface area contributed by atoms with E-state index in [9.17, 15) is 14.4 Å². The van der Waals surface area contributed by atoms with E-state index in [0.717, 1.165) is 16.7 Å². The van der Waals surface area contributed by atoms with Crippen LogP contribution < -0.4 is 14.8 Å². The van der Waals surface area contributed by atoms with Gasteiger partial charge in [-0.05, 0) is 67.3 Å². The molecular weight excluding hydrogens is 455 g/mol. The fraction of sp³-hybridized carbons (Fsp3) is 0.200. The molecule has 184 valence electrons. The van der Waals surface area contributed by atoms with Gasteiger partial charge in [0.2, 0.25) is 0 Å². The quantitative estimate of drug-likeness (QED) is 0.197. The molecule has 1 amide bonds. The van der Waals surface area contributed by atoms with Crippen LogP contribution in [0.2, 0.25) is 0 Å². The van der Waals surface area contributed by atoms with E-state index in [1.54, 1.807) is 24.3 Å². The number of nitrogens with one attached hydrogen (secondary N) is 1. The Hall–Kier alpha value is -4.37. The summed E-state index contributed by atoms with van der Waals surface area (Å²) >= 11 is 0. The van der Waals surface area contributed by atoms with E-state index in [0.29, 0.717) is 30.1 Å². The molecule has 6 heteroatoms. The molecule has 0 saturated carbocycles. The highest BCUT2D eigenvalue weighted by Crippen LogP contribution is 2.35. The number of benzene rings is 3. The van der Waals surface area contributed by atoms with Crippen molar-refractivity contribution in [3.8, 4) is 17.6 Å². The lowest BCUT2D eigenvalue weighted by Gasteiger charge is -2.17. The standard InChI is InChI=1S/C30H29FN2O3/c1-4-9-25-16-23(17-26(19-32)30(34)33-21(3)24-10-7-6-8-11-24)18-28(35-5-2)29(25)36-20-22-12-14-27(31)15-13-22/h4,6-8,10-18,21H,1,5,9,20H2,2-3H3,(H,33,34)/b26-17-/t21-/m1/s1. The van der Waals surface area contributed by atoms with E-state index < -0.39 is 5.91 Å². The van der Waals surface area contributed by atoms with Crippen LogP contribution in [0.25, 0.3) is 6.08 Å². The Morgan fingerprint density at radius 1 is 1.14 bits per heavy atom. The predicted molar refractivity (Wildman–Crippen MR) is 139 cm³/mol. The van der Waals surface area contributed by atoms with Crippen molar-refractivity contribution >= 4 is 12.0 Å². The maximum atomic E-state index is 13.2. The van der Waals surface area contributed by atoms with E-state index in [4.69, 9.17) is 9.47 Å². The smallest absolute Gasteiger partial charge is 0.262 e. The monoisotopic (exact) mass is 484 g/mol. The van der Waals surface area contributed by atoms with Gasteiger partial charge in [0.05, 0.1) is 12.6 Å². The molecule has 0 bridgehead atoms. The summed E-state index contributed by atoms with van der Waals surface area (Å²) in [5, 5.41) is 12.6. The van der Waals surface area contributed by atoms with Crippen LogP contribution in [-0.4, -0.2) is 12.5 Å². The summed E-state index contributed by atoms with van der Waals surface area (Å²) < 4.78 is 25.2. The number of allylic oxidation sites excluding steroid dienone is 1. The Bertz CT molecular complexity index is 1260. The van der Waals surface area contributed by atoms with Crippen molar-refractivity contribution in [1.82, 2.24) is 5.32 Å². The first-order chi connectivity index (χ1) is 17.4. The Labute approximate surface area is 211 Å². The van der Waals surface area contributed by atoms with Gasteiger partial charge >= 0.3 is 0 Å². The molecule has 3 aromatic carbocycles. The molecule has 0 saturated heterocycles. The van der Waals surface area contributed by atoms with Crippen molar-refractivity contribution in [2.75, 3.05) is 6.61 Å². The van der Waals surface area contributed by atoms with Gasteiger partial charge in [0.15, 0.2) is 11.5 Å². The number of halogens is 1.